The molecule has 0 saturated heterocycles. The third-order valence-electron chi connectivity index (χ3n) is 4.70. The zero-order chi connectivity index (χ0) is 17.6. The average Bonchev–Trinajstić information content (AvgIpc) is 2.64. The highest BCUT2D eigenvalue weighted by atomic mass is 16.3. The fraction of sp³-hybridized carbons (Fsp3) is 0.421. The van der Waals surface area contributed by atoms with Gasteiger partial charge in [-0.15, -0.1) is 0 Å². The van der Waals surface area contributed by atoms with Crippen LogP contribution in [0, 0.1) is 5.92 Å². The van der Waals surface area contributed by atoms with Crippen molar-refractivity contribution in [3.05, 3.63) is 58.5 Å². The minimum Gasteiger partial charge on any atom is -0.393 e. The van der Waals surface area contributed by atoms with Gasteiger partial charge in [-0.2, -0.15) is 9.78 Å². The lowest BCUT2D eigenvalue weighted by Gasteiger charge is -2.27. The Morgan fingerprint density at radius 1 is 1.16 bits per heavy atom. The van der Waals surface area contributed by atoms with Crippen LogP contribution in [-0.2, 0) is 0 Å². The van der Waals surface area contributed by atoms with Crippen LogP contribution in [0.15, 0.2) is 47.3 Å². The molecule has 2 aromatic rings. The van der Waals surface area contributed by atoms with E-state index in [4.69, 9.17) is 0 Å². The molecule has 0 unspecified atom stereocenters. The van der Waals surface area contributed by atoms with Crippen LogP contribution in [0.4, 0.5) is 0 Å². The van der Waals surface area contributed by atoms with Crippen LogP contribution in [0.2, 0.25) is 0 Å². The molecule has 2 N–H and O–H groups in total. The van der Waals surface area contributed by atoms with E-state index in [0.717, 1.165) is 32.1 Å². The van der Waals surface area contributed by atoms with E-state index in [1.165, 1.54) is 16.8 Å². The number of aromatic nitrogens is 2. The van der Waals surface area contributed by atoms with Crippen molar-refractivity contribution in [2.24, 2.45) is 5.92 Å². The van der Waals surface area contributed by atoms with Gasteiger partial charge in [-0.1, -0.05) is 31.0 Å². The summed E-state index contributed by atoms with van der Waals surface area (Å²) in [5.41, 5.74) is 0.535. The number of amides is 1. The quantitative estimate of drug-likeness (QED) is 0.870. The number of aliphatic hydroxyl groups is 1. The number of nitrogens with zero attached hydrogens (tertiary/aromatic N) is 2. The number of para-hydroxylation sites is 1. The lowest BCUT2D eigenvalue weighted by molar-refractivity contribution is 0.0643. The highest BCUT2D eigenvalue weighted by Crippen LogP contribution is 2.26. The molecule has 1 heterocycles. The number of hydrogen-bond acceptors (Lipinski definition) is 4. The minimum atomic E-state index is -0.310. The minimum absolute atomic E-state index is 0.202. The number of carbonyl (C=O) groups excluding carboxylic acids is 1. The van der Waals surface area contributed by atoms with Crippen molar-refractivity contribution in [2.45, 2.75) is 38.2 Å². The van der Waals surface area contributed by atoms with Gasteiger partial charge in [-0.25, -0.2) is 0 Å². The second-order valence-corrected chi connectivity index (χ2v) is 6.46. The van der Waals surface area contributed by atoms with Crippen LogP contribution in [0.25, 0.3) is 5.69 Å². The Labute approximate surface area is 146 Å². The fourth-order valence-corrected chi connectivity index (χ4v) is 3.27. The lowest BCUT2D eigenvalue weighted by atomic mass is 9.84. The van der Waals surface area contributed by atoms with Crippen molar-refractivity contribution in [1.29, 1.82) is 0 Å². The zero-order valence-corrected chi connectivity index (χ0v) is 14.1. The van der Waals surface area contributed by atoms with Gasteiger partial charge in [0.2, 0.25) is 0 Å². The molecule has 6 nitrogen and oxygen atoms in total. The molecule has 6 heteroatoms. The molecule has 0 bridgehead atoms. The first-order chi connectivity index (χ1) is 12.1. The highest BCUT2D eigenvalue weighted by molar-refractivity contribution is 5.92. The van der Waals surface area contributed by atoms with E-state index in [0.29, 0.717) is 12.2 Å². The van der Waals surface area contributed by atoms with Gasteiger partial charge in [0.05, 0.1) is 11.8 Å². The second-order valence-electron chi connectivity index (χ2n) is 6.46. The lowest BCUT2D eigenvalue weighted by Crippen LogP contribution is -2.32. The first-order valence-electron chi connectivity index (χ1n) is 8.77. The molecular formula is C19H23N3O3. The largest absolute Gasteiger partial charge is 0.393 e. The molecule has 1 aromatic carbocycles. The Balaban J connectivity index is 1.63. The first-order valence-corrected chi connectivity index (χ1v) is 8.77. The number of carbonyl (C=O) groups is 1. The molecule has 0 radical (unpaired) electrons. The summed E-state index contributed by atoms with van der Waals surface area (Å²) >= 11 is 0. The summed E-state index contributed by atoms with van der Waals surface area (Å²) in [5, 5.41) is 17.0. The maximum Gasteiger partial charge on any atom is 0.271 e. The summed E-state index contributed by atoms with van der Waals surface area (Å²) in [6.07, 6.45) is 4.57. The Morgan fingerprint density at radius 2 is 1.92 bits per heavy atom. The monoisotopic (exact) mass is 341 g/mol. The summed E-state index contributed by atoms with van der Waals surface area (Å²) in [4.78, 5) is 24.3. The second kappa shape index (κ2) is 8.07. The molecule has 0 spiro atoms. The summed E-state index contributed by atoms with van der Waals surface area (Å²) in [7, 11) is 0. The molecular weight excluding hydrogens is 318 g/mol. The highest BCUT2D eigenvalue weighted by Gasteiger charge is 2.22. The predicted octanol–water partition coefficient (Wildman–Crippen LogP) is 1.90. The van der Waals surface area contributed by atoms with Crippen LogP contribution in [0.3, 0.4) is 0 Å². The Bertz CT molecular complexity index is 773. The van der Waals surface area contributed by atoms with Crippen LogP contribution >= 0.6 is 0 Å². The van der Waals surface area contributed by atoms with Crippen molar-refractivity contribution in [3.63, 3.8) is 0 Å². The van der Waals surface area contributed by atoms with Crippen LogP contribution in [0.5, 0.6) is 0 Å². The number of rotatable bonds is 5. The van der Waals surface area contributed by atoms with Crippen LogP contribution < -0.4 is 10.9 Å². The Hall–Kier alpha value is -2.47. The first kappa shape index (κ1) is 17.4. The van der Waals surface area contributed by atoms with E-state index in [9.17, 15) is 14.7 Å². The van der Waals surface area contributed by atoms with Gasteiger partial charge in [0.1, 0.15) is 5.69 Å². The normalized spacial score (nSPS) is 20.2. The van der Waals surface area contributed by atoms with E-state index >= 15 is 0 Å². The van der Waals surface area contributed by atoms with Crippen LogP contribution in [-0.4, -0.2) is 33.4 Å². The third kappa shape index (κ3) is 4.33. The molecule has 0 aliphatic heterocycles. The molecule has 2 atom stereocenters. The van der Waals surface area contributed by atoms with E-state index in [1.54, 1.807) is 12.1 Å². The molecule has 1 saturated carbocycles. The molecule has 25 heavy (non-hydrogen) atoms. The number of hydrogen-bond donors (Lipinski definition) is 2. The molecule has 1 aliphatic rings. The van der Waals surface area contributed by atoms with Gasteiger partial charge in [-0.3, -0.25) is 9.59 Å². The maximum atomic E-state index is 12.3. The smallest absolute Gasteiger partial charge is 0.271 e. The zero-order valence-electron chi connectivity index (χ0n) is 14.1. The van der Waals surface area contributed by atoms with Gasteiger partial charge < -0.3 is 10.4 Å². The third-order valence-corrected chi connectivity index (χ3v) is 4.70. The van der Waals surface area contributed by atoms with Gasteiger partial charge in [0.25, 0.3) is 11.5 Å². The Kier molecular flexibility index (Phi) is 5.60. The number of benzene rings is 1. The molecule has 1 aromatic heterocycles. The van der Waals surface area contributed by atoms with Crippen molar-refractivity contribution in [2.75, 3.05) is 6.54 Å². The van der Waals surface area contributed by atoms with E-state index in [1.807, 2.05) is 18.2 Å². The summed E-state index contributed by atoms with van der Waals surface area (Å²) in [6, 6.07) is 11.8. The predicted molar refractivity (Wildman–Crippen MR) is 94.7 cm³/mol. The SMILES string of the molecule is O=C(NCC[C@H]1CCCC[C@H]1O)c1ccc(=O)n(-c2ccccc2)n1. The molecule has 1 aliphatic carbocycles. The molecule has 3 rings (SSSR count). The average molecular weight is 341 g/mol. The van der Waals surface area contributed by atoms with Gasteiger partial charge in [-0.05, 0) is 43.4 Å². The van der Waals surface area contributed by atoms with Crippen molar-refractivity contribution in [3.8, 4) is 5.69 Å². The van der Waals surface area contributed by atoms with Gasteiger partial charge >= 0.3 is 0 Å². The maximum absolute atomic E-state index is 12.3. The van der Waals surface area contributed by atoms with Crippen molar-refractivity contribution in [1.82, 2.24) is 15.1 Å². The summed E-state index contributed by atoms with van der Waals surface area (Å²) in [5.74, 6) is -0.0599. The topological polar surface area (TPSA) is 84.2 Å². The van der Waals surface area contributed by atoms with E-state index in [-0.39, 0.29) is 29.2 Å². The fourth-order valence-electron chi connectivity index (χ4n) is 3.27. The summed E-state index contributed by atoms with van der Waals surface area (Å²) in [6.45, 7) is 0.493. The van der Waals surface area contributed by atoms with Crippen molar-refractivity contribution < 1.29 is 9.90 Å². The van der Waals surface area contributed by atoms with Gasteiger partial charge in [0.15, 0.2) is 0 Å². The van der Waals surface area contributed by atoms with E-state index in [2.05, 4.69) is 10.4 Å². The van der Waals surface area contributed by atoms with Crippen molar-refractivity contribution >= 4 is 5.91 Å². The number of nitrogens with one attached hydrogen (secondary N) is 1. The molecule has 1 amide bonds. The number of aliphatic hydroxyl groups excluding tert-OH is 1. The van der Waals surface area contributed by atoms with Gasteiger partial charge in [0, 0.05) is 12.6 Å². The summed E-state index contributed by atoms with van der Waals surface area (Å²) < 4.78 is 1.22. The Morgan fingerprint density at radius 3 is 2.68 bits per heavy atom. The van der Waals surface area contributed by atoms with Crippen LogP contribution in [0.1, 0.15) is 42.6 Å². The molecule has 1 fully saturated rings. The van der Waals surface area contributed by atoms with E-state index < -0.39 is 0 Å². The molecule has 132 valence electrons. The standard InChI is InChI=1S/C19H23N3O3/c23-17-9-5-4-6-14(17)12-13-20-19(25)16-10-11-18(24)22(21-16)15-7-2-1-3-8-15/h1-3,7-8,10-11,14,17,23H,4-6,9,12-13H2,(H,20,25)/t14-,17-/m1/s1.